The van der Waals surface area contributed by atoms with Gasteiger partial charge in [0.1, 0.15) is 11.6 Å². The lowest BCUT2D eigenvalue weighted by molar-refractivity contribution is -0.118. The highest BCUT2D eigenvalue weighted by Gasteiger charge is 2.21. The van der Waals surface area contributed by atoms with Crippen LogP contribution in [0.2, 0.25) is 0 Å². The molecule has 0 saturated carbocycles. The molecule has 0 unspecified atom stereocenters. The molecule has 2 saturated heterocycles. The largest absolute Gasteiger partial charge is 0.497 e. The van der Waals surface area contributed by atoms with Crippen LogP contribution < -0.4 is 19.4 Å². The summed E-state index contributed by atoms with van der Waals surface area (Å²) < 4.78 is 5.24. The van der Waals surface area contributed by atoms with Crippen LogP contribution in [0.5, 0.6) is 5.75 Å². The lowest BCUT2D eigenvalue weighted by Crippen LogP contribution is -2.48. The molecule has 2 fully saturated rings. The van der Waals surface area contributed by atoms with Gasteiger partial charge in [-0.25, -0.2) is 4.98 Å². The van der Waals surface area contributed by atoms with Crippen molar-refractivity contribution in [2.24, 2.45) is 0 Å². The Kier molecular flexibility index (Phi) is 5.45. The normalized spacial score (nSPS) is 17.6. The number of methoxy groups -OCH3 is 1. The molecule has 4 rings (SSSR count). The zero-order valence-electron chi connectivity index (χ0n) is 16.2. The minimum Gasteiger partial charge on any atom is -0.497 e. The molecule has 148 valence electrons. The van der Waals surface area contributed by atoms with Crippen LogP contribution in [0.25, 0.3) is 0 Å². The van der Waals surface area contributed by atoms with Crippen LogP contribution in [0.3, 0.4) is 0 Å². The van der Waals surface area contributed by atoms with Crippen molar-refractivity contribution in [3.8, 4) is 5.75 Å². The number of amides is 1. The van der Waals surface area contributed by atoms with E-state index in [0.717, 1.165) is 76.3 Å². The maximum Gasteiger partial charge on any atom is 0.227 e. The predicted molar refractivity (Wildman–Crippen MR) is 109 cm³/mol. The van der Waals surface area contributed by atoms with Crippen molar-refractivity contribution in [2.45, 2.75) is 0 Å². The van der Waals surface area contributed by atoms with Crippen molar-refractivity contribution < 1.29 is 9.53 Å². The summed E-state index contributed by atoms with van der Waals surface area (Å²) in [6, 6.07) is 10.2. The third-order valence-electron chi connectivity index (χ3n) is 5.42. The minimum absolute atomic E-state index is 0.720. The number of ether oxygens (including phenoxy) is 1. The van der Waals surface area contributed by atoms with Gasteiger partial charge in [0.05, 0.1) is 7.11 Å². The highest BCUT2D eigenvalue weighted by atomic mass is 16.5. The van der Waals surface area contributed by atoms with Crippen LogP contribution in [0.4, 0.5) is 17.5 Å². The van der Waals surface area contributed by atoms with Gasteiger partial charge in [-0.3, -0.25) is 4.79 Å². The number of nitrogens with zero attached hydrogens (tertiary/aromatic N) is 6. The van der Waals surface area contributed by atoms with Gasteiger partial charge in [0, 0.05) is 64.2 Å². The average Bonchev–Trinajstić information content (AvgIpc) is 2.79. The van der Waals surface area contributed by atoms with E-state index >= 15 is 0 Å². The molecule has 1 aromatic heterocycles. The topological polar surface area (TPSA) is 65.0 Å². The number of benzene rings is 1. The molecule has 8 heteroatoms. The van der Waals surface area contributed by atoms with Gasteiger partial charge in [-0.2, -0.15) is 4.98 Å². The number of hydrogen-bond acceptors (Lipinski definition) is 7. The fraction of sp³-hybridized carbons (Fsp3) is 0.450. The molecule has 28 heavy (non-hydrogen) atoms. The summed E-state index contributed by atoms with van der Waals surface area (Å²) in [6.45, 7) is 6.71. The highest BCUT2D eigenvalue weighted by Crippen LogP contribution is 2.23. The van der Waals surface area contributed by atoms with E-state index in [4.69, 9.17) is 9.72 Å². The summed E-state index contributed by atoms with van der Waals surface area (Å²) in [5.41, 5.74) is 1.22. The first-order valence-corrected chi connectivity index (χ1v) is 9.68. The standard InChI is InChI=1S/C20H26N6O2/c1-28-18-4-2-17(3-5-18)24-12-14-25(15-13-24)19-6-7-21-20(22-19)26-10-8-23(16-27)9-11-26/h2-7,16H,8-15H2,1H3. The van der Waals surface area contributed by atoms with Crippen LogP contribution in [0.1, 0.15) is 0 Å². The first kappa shape index (κ1) is 18.3. The summed E-state index contributed by atoms with van der Waals surface area (Å²) in [7, 11) is 1.69. The third kappa shape index (κ3) is 3.95. The van der Waals surface area contributed by atoms with Crippen LogP contribution >= 0.6 is 0 Å². The van der Waals surface area contributed by atoms with E-state index in [1.807, 2.05) is 24.4 Å². The van der Waals surface area contributed by atoms with Crippen LogP contribution in [0, 0.1) is 0 Å². The van der Waals surface area contributed by atoms with E-state index < -0.39 is 0 Å². The molecule has 3 heterocycles. The third-order valence-corrected chi connectivity index (χ3v) is 5.42. The molecule has 2 aromatic rings. The number of rotatable bonds is 5. The number of anilines is 3. The molecule has 1 amide bonds. The fourth-order valence-corrected chi connectivity index (χ4v) is 3.68. The second kappa shape index (κ2) is 8.33. The quantitative estimate of drug-likeness (QED) is 0.717. The molecular weight excluding hydrogens is 356 g/mol. The van der Waals surface area contributed by atoms with Crippen molar-refractivity contribution in [3.05, 3.63) is 36.5 Å². The maximum absolute atomic E-state index is 10.9. The molecule has 0 spiro atoms. The van der Waals surface area contributed by atoms with Gasteiger partial charge in [-0.05, 0) is 30.3 Å². The molecule has 0 atom stereocenters. The van der Waals surface area contributed by atoms with E-state index in [0.29, 0.717) is 0 Å². The average molecular weight is 382 g/mol. The Balaban J connectivity index is 1.37. The molecular formula is C20H26N6O2. The first-order valence-electron chi connectivity index (χ1n) is 9.68. The Morgan fingerprint density at radius 3 is 2.14 bits per heavy atom. The lowest BCUT2D eigenvalue weighted by atomic mass is 10.2. The molecule has 0 radical (unpaired) electrons. The van der Waals surface area contributed by atoms with Crippen molar-refractivity contribution >= 4 is 23.9 Å². The Labute approximate surface area is 165 Å². The van der Waals surface area contributed by atoms with Gasteiger partial charge in [-0.1, -0.05) is 0 Å². The summed E-state index contributed by atoms with van der Waals surface area (Å²) >= 11 is 0. The van der Waals surface area contributed by atoms with Gasteiger partial charge in [0.15, 0.2) is 0 Å². The SMILES string of the molecule is COc1ccc(N2CCN(c3ccnc(N4CCN(C=O)CC4)n3)CC2)cc1. The Morgan fingerprint density at radius 2 is 1.50 bits per heavy atom. The molecule has 2 aliphatic heterocycles. The minimum atomic E-state index is 0.720. The van der Waals surface area contributed by atoms with Crippen LogP contribution in [0.15, 0.2) is 36.5 Å². The Hall–Kier alpha value is -3.03. The molecule has 1 aromatic carbocycles. The monoisotopic (exact) mass is 382 g/mol. The summed E-state index contributed by atoms with van der Waals surface area (Å²) in [5.74, 6) is 2.60. The number of carbonyl (C=O) groups excluding carboxylic acids is 1. The maximum atomic E-state index is 10.9. The van der Waals surface area contributed by atoms with Crippen molar-refractivity contribution in [1.29, 1.82) is 0 Å². The van der Waals surface area contributed by atoms with Crippen molar-refractivity contribution in [3.63, 3.8) is 0 Å². The molecule has 0 aliphatic carbocycles. The highest BCUT2D eigenvalue weighted by molar-refractivity contribution is 5.52. The van der Waals surface area contributed by atoms with E-state index in [9.17, 15) is 4.79 Å². The molecule has 0 N–H and O–H groups in total. The summed E-state index contributed by atoms with van der Waals surface area (Å²) in [5, 5.41) is 0. The summed E-state index contributed by atoms with van der Waals surface area (Å²) in [4.78, 5) is 28.8. The van der Waals surface area contributed by atoms with Crippen LogP contribution in [-0.4, -0.2) is 80.7 Å². The summed E-state index contributed by atoms with van der Waals surface area (Å²) in [6.07, 6.45) is 2.75. The molecule has 0 bridgehead atoms. The fourth-order valence-electron chi connectivity index (χ4n) is 3.68. The van der Waals surface area contributed by atoms with E-state index in [-0.39, 0.29) is 0 Å². The Morgan fingerprint density at radius 1 is 0.857 bits per heavy atom. The molecule has 2 aliphatic rings. The van der Waals surface area contributed by atoms with Gasteiger partial charge < -0.3 is 24.3 Å². The Bertz CT molecular complexity index is 784. The lowest BCUT2D eigenvalue weighted by Gasteiger charge is -2.37. The van der Waals surface area contributed by atoms with E-state index in [1.54, 1.807) is 12.0 Å². The number of aromatic nitrogens is 2. The smallest absolute Gasteiger partial charge is 0.227 e. The second-order valence-corrected chi connectivity index (χ2v) is 7.02. The first-order chi connectivity index (χ1) is 13.8. The number of hydrogen-bond donors (Lipinski definition) is 0. The number of piperazine rings is 2. The van der Waals surface area contributed by atoms with Crippen molar-refractivity contribution in [2.75, 3.05) is 74.2 Å². The second-order valence-electron chi connectivity index (χ2n) is 7.02. The van der Waals surface area contributed by atoms with Crippen molar-refractivity contribution in [1.82, 2.24) is 14.9 Å². The van der Waals surface area contributed by atoms with Gasteiger partial charge >= 0.3 is 0 Å². The van der Waals surface area contributed by atoms with Gasteiger partial charge in [0.2, 0.25) is 12.4 Å². The zero-order valence-corrected chi connectivity index (χ0v) is 16.2. The number of carbonyl (C=O) groups is 1. The molecule has 8 nitrogen and oxygen atoms in total. The van der Waals surface area contributed by atoms with Gasteiger partial charge in [0.25, 0.3) is 0 Å². The van der Waals surface area contributed by atoms with E-state index in [1.165, 1.54) is 5.69 Å². The van der Waals surface area contributed by atoms with E-state index in [2.05, 4.69) is 31.8 Å². The van der Waals surface area contributed by atoms with Gasteiger partial charge in [-0.15, -0.1) is 0 Å². The predicted octanol–water partition coefficient (Wildman–Crippen LogP) is 1.09. The van der Waals surface area contributed by atoms with Crippen LogP contribution in [-0.2, 0) is 4.79 Å². The zero-order chi connectivity index (χ0) is 19.3.